The van der Waals surface area contributed by atoms with Crippen molar-refractivity contribution in [3.05, 3.63) is 58.7 Å². The highest BCUT2D eigenvalue weighted by atomic mass is 19.1. The van der Waals surface area contributed by atoms with Crippen molar-refractivity contribution in [2.24, 2.45) is 0 Å². The molecule has 22 heavy (non-hydrogen) atoms. The molecule has 0 bridgehead atoms. The largest absolute Gasteiger partial charge is 0.508 e. The average molecular weight is 304 g/mol. The predicted octanol–water partition coefficient (Wildman–Crippen LogP) is 4.21. The minimum atomic E-state index is -0.706. The van der Waals surface area contributed by atoms with Gasteiger partial charge in [-0.3, -0.25) is 0 Å². The van der Waals surface area contributed by atoms with Crippen LogP contribution in [0.2, 0.25) is 0 Å². The third-order valence-electron chi connectivity index (χ3n) is 4.58. The zero-order valence-corrected chi connectivity index (χ0v) is 12.4. The summed E-state index contributed by atoms with van der Waals surface area (Å²) in [4.78, 5) is 0. The molecule has 1 unspecified atom stereocenters. The summed E-state index contributed by atoms with van der Waals surface area (Å²) in [7, 11) is 0. The molecule has 2 aromatic rings. The number of rotatable bonds is 1. The maximum Gasteiger partial charge on any atom is 0.133 e. The molecule has 0 saturated carbocycles. The molecule has 1 aliphatic rings. The molecule has 2 aromatic carbocycles. The molecule has 0 saturated heterocycles. The Morgan fingerprint density at radius 2 is 1.64 bits per heavy atom. The van der Waals surface area contributed by atoms with Crippen LogP contribution in [0.15, 0.2) is 30.3 Å². The fraction of sp³-hybridized carbons (Fsp3) is 0.333. The van der Waals surface area contributed by atoms with Crippen LogP contribution in [0.25, 0.3) is 0 Å². The standard InChI is InChI=1S/C18H18F2O2/c1-18(17-15(19)8-14(22)9-16(17)20)6-2-3-11-7-13(21)5-4-12(11)10-18/h4-5,7-9,21-22H,2-3,6,10H2,1H3. The van der Waals surface area contributed by atoms with E-state index in [1.807, 2.05) is 13.0 Å². The van der Waals surface area contributed by atoms with Crippen LogP contribution in [-0.2, 0) is 18.3 Å². The van der Waals surface area contributed by atoms with Gasteiger partial charge in [-0.15, -0.1) is 0 Å². The second kappa shape index (κ2) is 5.27. The van der Waals surface area contributed by atoms with Gasteiger partial charge in [0.1, 0.15) is 23.1 Å². The van der Waals surface area contributed by atoms with Crippen molar-refractivity contribution in [2.45, 2.75) is 38.0 Å². The Labute approximate surface area is 128 Å². The van der Waals surface area contributed by atoms with Gasteiger partial charge in [-0.2, -0.15) is 0 Å². The minimum absolute atomic E-state index is 0.0335. The molecule has 116 valence electrons. The lowest BCUT2D eigenvalue weighted by Crippen LogP contribution is -2.27. The van der Waals surface area contributed by atoms with E-state index in [4.69, 9.17) is 0 Å². The van der Waals surface area contributed by atoms with Gasteiger partial charge in [0.15, 0.2) is 0 Å². The van der Waals surface area contributed by atoms with Gasteiger partial charge < -0.3 is 10.2 Å². The fourth-order valence-corrected chi connectivity index (χ4v) is 3.54. The Morgan fingerprint density at radius 1 is 0.955 bits per heavy atom. The van der Waals surface area contributed by atoms with Crippen LogP contribution in [0, 0.1) is 11.6 Å². The van der Waals surface area contributed by atoms with Gasteiger partial charge in [0.25, 0.3) is 0 Å². The summed E-state index contributed by atoms with van der Waals surface area (Å²) < 4.78 is 28.5. The molecule has 0 heterocycles. The van der Waals surface area contributed by atoms with Gasteiger partial charge in [-0.25, -0.2) is 8.78 Å². The van der Waals surface area contributed by atoms with E-state index in [9.17, 15) is 19.0 Å². The van der Waals surface area contributed by atoms with Crippen LogP contribution in [0.4, 0.5) is 8.78 Å². The molecule has 0 amide bonds. The van der Waals surface area contributed by atoms with Crippen molar-refractivity contribution >= 4 is 0 Å². The van der Waals surface area contributed by atoms with E-state index in [-0.39, 0.29) is 11.3 Å². The number of fused-ring (bicyclic) bond motifs is 1. The summed E-state index contributed by atoms with van der Waals surface area (Å²) >= 11 is 0. The van der Waals surface area contributed by atoms with Gasteiger partial charge in [-0.05, 0) is 48.9 Å². The molecule has 2 nitrogen and oxygen atoms in total. The van der Waals surface area contributed by atoms with E-state index in [1.165, 1.54) is 0 Å². The summed E-state index contributed by atoms with van der Waals surface area (Å²) in [5.41, 5.74) is 1.39. The van der Waals surface area contributed by atoms with Crippen molar-refractivity contribution in [3.63, 3.8) is 0 Å². The quantitative estimate of drug-likeness (QED) is 0.775. The summed E-state index contributed by atoms with van der Waals surface area (Å²) in [6.07, 6.45) is 2.70. The Hall–Kier alpha value is -2.10. The fourth-order valence-electron chi connectivity index (χ4n) is 3.54. The van der Waals surface area contributed by atoms with Crippen LogP contribution in [0.3, 0.4) is 0 Å². The summed E-state index contributed by atoms with van der Waals surface area (Å²) in [5.74, 6) is -1.60. The topological polar surface area (TPSA) is 40.5 Å². The lowest BCUT2D eigenvalue weighted by molar-refractivity contribution is 0.379. The van der Waals surface area contributed by atoms with E-state index in [1.54, 1.807) is 12.1 Å². The molecule has 0 aliphatic heterocycles. The molecule has 4 heteroatoms. The molecular formula is C18H18F2O2. The zero-order valence-electron chi connectivity index (χ0n) is 12.4. The number of aromatic hydroxyl groups is 2. The second-order valence-corrected chi connectivity index (χ2v) is 6.33. The summed E-state index contributed by atoms with van der Waals surface area (Å²) in [5, 5.41) is 18.9. The number of hydrogen-bond acceptors (Lipinski definition) is 2. The van der Waals surface area contributed by atoms with Gasteiger partial charge in [-0.1, -0.05) is 13.0 Å². The molecule has 0 spiro atoms. The Balaban J connectivity index is 2.09. The highest BCUT2D eigenvalue weighted by Crippen LogP contribution is 2.41. The number of aryl methyl sites for hydroxylation is 1. The minimum Gasteiger partial charge on any atom is -0.508 e. The Bertz CT molecular complexity index is 704. The second-order valence-electron chi connectivity index (χ2n) is 6.33. The van der Waals surface area contributed by atoms with E-state index in [0.717, 1.165) is 36.1 Å². The molecule has 0 aromatic heterocycles. The number of hydrogen-bond donors (Lipinski definition) is 2. The van der Waals surface area contributed by atoms with Gasteiger partial charge in [0, 0.05) is 23.1 Å². The van der Waals surface area contributed by atoms with Gasteiger partial charge in [0.05, 0.1) is 0 Å². The molecule has 0 radical (unpaired) electrons. The number of phenolic OH excluding ortho intramolecular Hbond substituents is 2. The summed E-state index contributed by atoms with van der Waals surface area (Å²) in [6.45, 7) is 1.85. The number of benzene rings is 2. The first-order chi connectivity index (χ1) is 10.4. The van der Waals surface area contributed by atoms with Crippen molar-refractivity contribution in [2.75, 3.05) is 0 Å². The van der Waals surface area contributed by atoms with Crippen LogP contribution in [-0.4, -0.2) is 10.2 Å². The molecule has 1 aliphatic carbocycles. The first-order valence-corrected chi connectivity index (χ1v) is 7.38. The smallest absolute Gasteiger partial charge is 0.133 e. The molecular weight excluding hydrogens is 286 g/mol. The van der Waals surface area contributed by atoms with Gasteiger partial charge in [0.2, 0.25) is 0 Å². The average Bonchev–Trinajstić information content (AvgIpc) is 2.56. The molecule has 0 fully saturated rings. The third kappa shape index (κ3) is 2.54. The van der Waals surface area contributed by atoms with Crippen molar-refractivity contribution < 1.29 is 19.0 Å². The monoisotopic (exact) mass is 304 g/mol. The SMILES string of the molecule is CC1(c2c(F)cc(O)cc2F)CCCc2cc(O)ccc2C1. The van der Waals surface area contributed by atoms with E-state index >= 15 is 0 Å². The van der Waals surface area contributed by atoms with Crippen molar-refractivity contribution in [1.82, 2.24) is 0 Å². The van der Waals surface area contributed by atoms with Crippen LogP contribution in [0.5, 0.6) is 11.5 Å². The zero-order chi connectivity index (χ0) is 15.9. The normalized spacial score (nSPS) is 21.2. The first kappa shape index (κ1) is 14.8. The van der Waals surface area contributed by atoms with Crippen LogP contribution < -0.4 is 0 Å². The highest BCUT2D eigenvalue weighted by molar-refractivity contribution is 5.41. The van der Waals surface area contributed by atoms with E-state index in [2.05, 4.69) is 0 Å². The number of phenols is 2. The Morgan fingerprint density at radius 3 is 2.32 bits per heavy atom. The number of halogens is 2. The maximum atomic E-state index is 14.3. The van der Waals surface area contributed by atoms with Crippen LogP contribution >= 0.6 is 0 Å². The summed E-state index contributed by atoms with van der Waals surface area (Å²) in [6, 6.07) is 7.09. The Kier molecular flexibility index (Phi) is 3.55. The predicted molar refractivity (Wildman–Crippen MR) is 80.1 cm³/mol. The molecule has 2 N–H and O–H groups in total. The maximum absolute atomic E-state index is 14.3. The lowest BCUT2D eigenvalue weighted by Gasteiger charge is -2.30. The van der Waals surface area contributed by atoms with Gasteiger partial charge >= 0.3 is 0 Å². The van der Waals surface area contributed by atoms with Crippen LogP contribution in [0.1, 0.15) is 36.5 Å². The first-order valence-electron chi connectivity index (χ1n) is 7.38. The molecule has 1 atom stereocenters. The van der Waals surface area contributed by atoms with Crippen molar-refractivity contribution in [1.29, 1.82) is 0 Å². The highest BCUT2D eigenvalue weighted by Gasteiger charge is 2.35. The van der Waals surface area contributed by atoms with E-state index in [0.29, 0.717) is 12.8 Å². The van der Waals surface area contributed by atoms with Crippen molar-refractivity contribution in [3.8, 4) is 11.5 Å². The molecule has 3 rings (SSSR count). The lowest BCUT2D eigenvalue weighted by atomic mass is 9.74. The third-order valence-corrected chi connectivity index (χ3v) is 4.58. The van der Waals surface area contributed by atoms with E-state index < -0.39 is 22.8 Å².